The van der Waals surface area contributed by atoms with Crippen LogP contribution in [0.1, 0.15) is 37.5 Å². The van der Waals surface area contributed by atoms with Gasteiger partial charge in [-0.1, -0.05) is 12.1 Å². The minimum atomic E-state index is -5.13. The summed E-state index contributed by atoms with van der Waals surface area (Å²) in [6, 6.07) is 21.2. The number of allylic oxidation sites excluding steroid dienone is 5. The van der Waals surface area contributed by atoms with Crippen molar-refractivity contribution >= 4 is 64.4 Å². The Kier molecular flexibility index (Phi) is 19.1. The van der Waals surface area contributed by atoms with Crippen molar-refractivity contribution in [2.24, 2.45) is 10.2 Å². The Morgan fingerprint density at radius 3 is 1.72 bits per heavy atom. The normalized spacial score (nSPS) is 14.4. The summed E-state index contributed by atoms with van der Waals surface area (Å²) in [7, 11) is -10.6. The second kappa shape index (κ2) is 21.8. The SMILES string of the molecule is CCNc1ccc(/C(=C2/C=CC(=[NH+]CC)C(C)=C2)c2ccc(S(=O)(=O)[O-])cc2S(=O)(=O)[O-])cc1C.CN(C)c1ccc(N=Nc2ccc(S(=O)(=O)[O-])cc2)cc1.[Na+].[Na+]. The van der Waals surface area contributed by atoms with Gasteiger partial charge < -0.3 is 23.9 Å². The summed E-state index contributed by atoms with van der Waals surface area (Å²) in [5.41, 5.74) is 7.49. The molecule has 4 aromatic rings. The molecule has 296 valence electrons. The average Bonchev–Trinajstić information content (AvgIpc) is 3.12. The van der Waals surface area contributed by atoms with Gasteiger partial charge in [0, 0.05) is 49.2 Å². The van der Waals surface area contributed by atoms with Gasteiger partial charge in [-0.2, -0.15) is 10.2 Å². The zero-order valence-corrected chi connectivity index (χ0v) is 39.9. The summed E-state index contributed by atoms with van der Waals surface area (Å²) < 4.78 is 104. The molecule has 0 unspecified atom stereocenters. The minimum Gasteiger partial charge on any atom is -0.744 e. The molecule has 58 heavy (non-hydrogen) atoms. The maximum Gasteiger partial charge on any atom is 1.00 e. The third-order valence-corrected chi connectivity index (χ3v) is 10.9. The van der Waals surface area contributed by atoms with Crippen molar-refractivity contribution < 1.29 is 103 Å². The first kappa shape index (κ1) is 50.8. The van der Waals surface area contributed by atoms with E-state index in [2.05, 4.69) is 20.5 Å². The second-order valence-electron chi connectivity index (χ2n) is 12.6. The number of rotatable bonds is 11. The predicted molar refractivity (Wildman–Crippen MR) is 212 cm³/mol. The molecule has 0 saturated carbocycles. The van der Waals surface area contributed by atoms with Gasteiger partial charge in [0.05, 0.1) is 26.1 Å². The van der Waals surface area contributed by atoms with Crippen LogP contribution in [0.5, 0.6) is 0 Å². The average molecular weight is 866 g/mol. The fourth-order valence-electron chi connectivity index (χ4n) is 5.58. The number of hydrogen-bond acceptors (Lipinski definition) is 13. The van der Waals surface area contributed by atoms with E-state index in [4.69, 9.17) is 0 Å². The van der Waals surface area contributed by atoms with E-state index in [0.29, 0.717) is 47.2 Å². The van der Waals surface area contributed by atoms with Crippen LogP contribution in [0.25, 0.3) is 5.57 Å². The first-order chi connectivity index (χ1) is 26.2. The van der Waals surface area contributed by atoms with Crippen LogP contribution >= 0.6 is 0 Å². The second-order valence-corrected chi connectivity index (χ2v) is 16.7. The maximum atomic E-state index is 12.2. The molecule has 0 heterocycles. The minimum absolute atomic E-state index is 0. The van der Waals surface area contributed by atoms with Crippen LogP contribution in [0.4, 0.5) is 22.7 Å². The Hall–Kier alpha value is -3.30. The third kappa shape index (κ3) is 13.9. The van der Waals surface area contributed by atoms with E-state index in [-0.39, 0.29) is 69.6 Å². The number of anilines is 2. The van der Waals surface area contributed by atoms with Gasteiger partial charge in [0.2, 0.25) is 5.71 Å². The Labute approximate surface area is 384 Å². The summed E-state index contributed by atoms with van der Waals surface area (Å²) >= 11 is 0. The van der Waals surface area contributed by atoms with Crippen LogP contribution in [0.2, 0.25) is 0 Å². The molecule has 1 aliphatic carbocycles. The van der Waals surface area contributed by atoms with Gasteiger partial charge in [0.15, 0.2) is 0 Å². The van der Waals surface area contributed by atoms with Gasteiger partial charge >= 0.3 is 59.1 Å². The third-order valence-electron chi connectivity index (χ3n) is 8.32. The molecular formula is C39H41N5Na2O9S3. The van der Waals surface area contributed by atoms with Crippen molar-refractivity contribution in [2.75, 3.05) is 37.4 Å². The molecule has 0 aromatic heterocycles. The molecule has 0 saturated heterocycles. The van der Waals surface area contributed by atoms with Crippen LogP contribution in [0.3, 0.4) is 0 Å². The molecule has 5 rings (SSSR count). The van der Waals surface area contributed by atoms with Crippen molar-refractivity contribution in [3.8, 4) is 0 Å². The Balaban J connectivity index is 0.000000433. The van der Waals surface area contributed by atoms with Gasteiger partial charge in [-0.3, -0.25) is 0 Å². The van der Waals surface area contributed by atoms with Crippen molar-refractivity contribution in [3.05, 3.63) is 131 Å². The van der Waals surface area contributed by atoms with Crippen LogP contribution in [0, 0.1) is 6.92 Å². The standard InChI is InChI=1S/C25H28N2O6S2.C14H15N3O3S.2Na/c1-5-26-22-11-7-18(13-16(22)3)25(19-8-12-23(27-6-2)17(4)14-19)21-10-9-20(34(28,29)30)15-24(21)35(31,32)33;1-17(2)13-7-3-11(4-8-13)15-16-12-5-9-14(10-6-12)21(18,19)20;;/h7-15,26H,5-6H2,1-4H3,(H,28,29,30)(H,31,32,33);3-10H,1-2H3,(H,18,19,20);;/q;;2*+1/p-2/b25-19+,27-23?;;;. The maximum absolute atomic E-state index is 12.2. The van der Waals surface area contributed by atoms with Gasteiger partial charge in [0.25, 0.3) is 0 Å². The molecule has 0 spiro atoms. The molecule has 0 radical (unpaired) electrons. The van der Waals surface area contributed by atoms with Crippen molar-refractivity contribution in [1.29, 1.82) is 0 Å². The van der Waals surface area contributed by atoms with E-state index >= 15 is 0 Å². The Morgan fingerprint density at radius 1 is 0.707 bits per heavy atom. The molecule has 0 fully saturated rings. The molecular weight excluding hydrogens is 825 g/mol. The smallest absolute Gasteiger partial charge is 0.744 e. The van der Waals surface area contributed by atoms with Gasteiger partial charge in [-0.15, -0.1) is 0 Å². The monoisotopic (exact) mass is 865 g/mol. The van der Waals surface area contributed by atoms with Crippen LogP contribution in [0.15, 0.2) is 139 Å². The number of nitrogens with one attached hydrogen (secondary N) is 2. The zero-order valence-electron chi connectivity index (χ0n) is 33.5. The topological polar surface area (TPSA) is 226 Å². The molecule has 4 aromatic carbocycles. The van der Waals surface area contributed by atoms with Gasteiger partial charge in [-0.05, 0) is 135 Å². The molecule has 19 heteroatoms. The van der Waals surface area contributed by atoms with Crippen LogP contribution in [-0.2, 0) is 30.4 Å². The van der Waals surface area contributed by atoms with Crippen molar-refractivity contribution in [2.45, 2.75) is 42.4 Å². The Bertz CT molecular complexity index is 2590. The summed E-state index contributed by atoms with van der Waals surface area (Å²) in [6.07, 6.45) is 5.52. The van der Waals surface area contributed by atoms with E-state index < -0.39 is 40.1 Å². The molecule has 2 N–H and O–H groups in total. The molecule has 0 amide bonds. The first-order valence-corrected chi connectivity index (χ1v) is 21.3. The van der Waals surface area contributed by atoms with Crippen LogP contribution < -0.4 is 74.3 Å². The summed E-state index contributed by atoms with van der Waals surface area (Å²) in [5.74, 6) is 0. The van der Waals surface area contributed by atoms with E-state index in [0.717, 1.165) is 34.3 Å². The van der Waals surface area contributed by atoms with E-state index in [1.54, 1.807) is 12.1 Å². The predicted octanol–water partition coefficient (Wildman–Crippen LogP) is -0.825. The van der Waals surface area contributed by atoms with Crippen molar-refractivity contribution in [1.82, 2.24) is 0 Å². The molecule has 14 nitrogen and oxygen atoms in total. The zero-order chi connectivity index (χ0) is 41.4. The van der Waals surface area contributed by atoms with E-state index in [9.17, 15) is 38.9 Å². The molecule has 1 aliphatic rings. The largest absolute Gasteiger partial charge is 1.00 e. The summed E-state index contributed by atoms with van der Waals surface area (Å²) in [5, 5.41) is 11.3. The fourth-order valence-corrected chi connectivity index (χ4v) is 7.33. The first-order valence-electron chi connectivity index (χ1n) is 17.1. The summed E-state index contributed by atoms with van der Waals surface area (Å²) in [4.78, 5) is 3.38. The fraction of sp³-hybridized carbons (Fsp3) is 0.205. The number of nitrogens with zero attached hydrogens (tertiary/aromatic N) is 3. The summed E-state index contributed by atoms with van der Waals surface area (Å²) in [6.45, 7) is 9.16. The van der Waals surface area contributed by atoms with Gasteiger partial charge in [-0.25, -0.2) is 30.2 Å². The number of benzene rings is 4. The number of aryl methyl sites for hydroxylation is 1. The van der Waals surface area contributed by atoms with Crippen LogP contribution in [-0.4, -0.2) is 71.8 Å². The number of hydrogen-bond donors (Lipinski definition) is 2. The van der Waals surface area contributed by atoms with E-state index in [1.165, 1.54) is 30.3 Å². The Morgan fingerprint density at radius 2 is 1.26 bits per heavy atom. The van der Waals surface area contributed by atoms with E-state index in [1.807, 2.05) is 95.2 Å². The van der Waals surface area contributed by atoms with Gasteiger partial charge in [0.1, 0.15) is 36.9 Å². The molecule has 0 atom stereocenters. The molecule has 0 bridgehead atoms. The quantitative estimate of drug-likeness (QED) is 0.108. The van der Waals surface area contributed by atoms with Crippen molar-refractivity contribution in [3.63, 3.8) is 0 Å². The molecule has 0 aliphatic heterocycles. The number of azo groups is 1.